The number of nitrogens with one attached hydrogen (secondary N) is 1. The van der Waals surface area contributed by atoms with Gasteiger partial charge >= 0.3 is 0 Å². The maximum Gasteiger partial charge on any atom is 0.252 e. The van der Waals surface area contributed by atoms with Gasteiger partial charge in [0, 0.05) is 30.7 Å². The highest BCUT2D eigenvalue weighted by atomic mass is 79.9. The van der Waals surface area contributed by atoms with E-state index in [0.717, 1.165) is 10.2 Å². The van der Waals surface area contributed by atoms with Crippen molar-refractivity contribution >= 4 is 27.7 Å². The summed E-state index contributed by atoms with van der Waals surface area (Å²) < 4.78 is 0.745. The maximum absolute atomic E-state index is 12.1. The molecule has 0 aliphatic rings. The average molecular weight is 376 g/mol. The maximum atomic E-state index is 12.1. The van der Waals surface area contributed by atoms with Gasteiger partial charge in [-0.3, -0.25) is 14.6 Å². The summed E-state index contributed by atoms with van der Waals surface area (Å²) in [5, 5.41) is 2.83. The minimum absolute atomic E-state index is 0.0502. The molecule has 0 aliphatic heterocycles. The largest absolute Gasteiger partial charge is 0.350 e. The van der Waals surface area contributed by atoms with Crippen molar-refractivity contribution in [1.29, 1.82) is 0 Å². The molecule has 2 rings (SSSR count). The number of amides is 2. The molecule has 6 heteroatoms. The first-order valence-electron chi connectivity index (χ1n) is 7.26. The molecule has 0 aliphatic carbocycles. The number of carbonyl (C=O) groups excluding carboxylic acids is 2. The number of pyridine rings is 1. The number of aromatic nitrogens is 1. The zero-order valence-corrected chi connectivity index (χ0v) is 14.4. The van der Waals surface area contributed by atoms with Gasteiger partial charge < -0.3 is 10.2 Å². The molecule has 0 radical (unpaired) electrons. The molecule has 0 saturated heterocycles. The van der Waals surface area contributed by atoms with Crippen LogP contribution in [-0.4, -0.2) is 34.8 Å². The van der Waals surface area contributed by atoms with E-state index < -0.39 is 0 Å². The van der Waals surface area contributed by atoms with E-state index in [-0.39, 0.29) is 11.8 Å². The predicted molar refractivity (Wildman–Crippen MR) is 91.8 cm³/mol. The van der Waals surface area contributed by atoms with Crippen LogP contribution >= 0.6 is 15.9 Å². The highest BCUT2D eigenvalue weighted by Gasteiger charge is 2.12. The molecule has 1 aromatic carbocycles. The summed E-state index contributed by atoms with van der Waals surface area (Å²) in [5.41, 5.74) is 1.39. The first-order valence-corrected chi connectivity index (χ1v) is 8.05. The number of nitrogens with zero attached hydrogens (tertiary/aromatic N) is 2. The zero-order chi connectivity index (χ0) is 16.7. The van der Waals surface area contributed by atoms with Gasteiger partial charge in [0.05, 0.1) is 17.8 Å². The first-order chi connectivity index (χ1) is 11.1. The molecule has 5 nitrogen and oxygen atoms in total. The van der Waals surface area contributed by atoms with Crippen molar-refractivity contribution in [2.24, 2.45) is 0 Å². The van der Waals surface area contributed by atoms with E-state index in [9.17, 15) is 9.59 Å². The Morgan fingerprint density at radius 1 is 1.17 bits per heavy atom. The third-order valence-corrected chi connectivity index (χ3v) is 4.00. The summed E-state index contributed by atoms with van der Waals surface area (Å²) in [7, 11) is 0. The molecule has 1 aromatic heterocycles. The number of hydrogen-bond donors (Lipinski definition) is 1. The van der Waals surface area contributed by atoms with E-state index in [1.54, 1.807) is 17.2 Å². The number of carbonyl (C=O) groups is 2. The van der Waals surface area contributed by atoms with Crippen LogP contribution in [0.15, 0.2) is 53.1 Å². The Morgan fingerprint density at radius 3 is 2.57 bits per heavy atom. The van der Waals surface area contributed by atoms with Crippen LogP contribution in [0.25, 0.3) is 0 Å². The minimum atomic E-state index is -0.168. The second-order valence-electron chi connectivity index (χ2n) is 5.00. The number of benzene rings is 1. The molecule has 2 amide bonds. The normalized spacial score (nSPS) is 10.2. The van der Waals surface area contributed by atoms with Crippen LogP contribution in [0.5, 0.6) is 0 Å². The SMILES string of the molecule is CC(=O)N(CCNC(=O)c1ccccc1Br)Cc1ccccn1. The van der Waals surface area contributed by atoms with Crippen molar-refractivity contribution in [3.05, 3.63) is 64.4 Å². The predicted octanol–water partition coefficient (Wildman–Crippen LogP) is 2.62. The Kier molecular flexibility index (Phi) is 6.29. The molecular formula is C17H18BrN3O2. The number of halogens is 1. The molecule has 0 bridgehead atoms. The molecule has 2 aromatic rings. The Bertz CT molecular complexity index is 677. The molecular weight excluding hydrogens is 358 g/mol. The fourth-order valence-electron chi connectivity index (χ4n) is 2.08. The van der Waals surface area contributed by atoms with Gasteiger partial charge in [-0.05, 0) is 40.2 Å². The minimum Gasteiger partial charge on any atom is -0.350 e. The van der Waals surface area contributed by atoms with Gasteiger partial charge in [0.15, 0.2) is 0 Å². The summed E-state index contributed by atoms with van der Waals surface area (Å²) in [4.78, 5) is 29.7. The highest BCUT2D eigenvalue weighted by molar-refractivity contribution is 9.10. The standard InChI is InChI=1S/C17H18BrN3O2/c1-13(22)21(12-14-6-4-5-9-19-14)11-10-20-17(23)15-7-2-3-8-16(15)18/h2-9H,10-12H2,1H3,(H,20,23). The smallest absolute Gasteiger partial charge is 0.252 e. The van der Waals surface area contributed by atoms with E-state index in [0.29, 0.717) is 25.2 Å². The van der Waals surface area contributed by atoms with Gasteiger partial charge in [-0.2, -0.15) is 0 Å². The lowest BCUT2D eigenvalue weighted by molar-refractivity contribution is -0.129. The van der Waals surface area contributed by atoms with Crippen LogP contribution in [-0.2, 0) is 11.3 Å². The summed E-state index contributed by atoms with van der Waals surface area (Å²) in [6.07, 6.45) is 1.70. The third kappa shape index (κ3) is 5.17. The van der Waals surface area contributed by atoms with Gasteiger partial charge in [-0.1, -0.05) is 18.2 Å². The van der Waals surface area contributed by atoms with E-state index in [2.05, 4.69) is 26.2 Å². The second kappa shape index (κ2) is 8.43. The highest BCUT2D eigenvalue weighted by Crippen LogP contribution is 2.15. The fourth-order valence-corrected chi connectivity index (χ4v) is 2.54. The molecule has 0 saturated carbocycles. The lowest BCUT2D eigenvalue weighted by atomic mass is 10.2. The molecule has 23 heavy (non-hydrogen) atoms. The van der Waals surface area contributed by atoms with Gasteiger partial charge in [0.1, 0.15) is 0 Å². The van der Waals surface area contributed by atoms with Crippen LogP contribution in [0.2, 0.25) is 0 Å². The molecule has 120 valence electrons. The van der Waals surface area contributed by atoms with E-state index >= 15 is 0 Å². The van der Waals surface area contributed by atoms with Crippen molar-refractivity contribution in [2.75, 3.05) is 13.1 Å². The monoisotopic (exact) mass is 375 g/mol. The average Bonchev–Trinajstić information content (AvgIpc) is 2.55. The Labute approximate surface area is 143 Å². The zero-order valence-electron chi connectivity index (χ0n) is 12.8. The van der Waals surface area contributed by atoms with E-state index in [1.807, 2.05) is 36.4 Å². The lowest BCUT2D eigenvalue weighted by Crippen LogP contribution is -2.37. The van der Waals surface area contributed by atoms with Crippen molar-refractivity contribution in [3.63, 3.8) is 0 Å². The fraction of sp³-hybridized carbons (Fsp3) is 0.235. The molecule has 1 N–H and O–H groups in total. The van der Waals surface area contributed by atoms with Crippen LogP contribution in [0.1, 0.15) is 23.0 Å². The van der Waals surface area contributed by atoms with E-state index in [1.165, 1.54) is 6.92 Å². The summed E-state index contributed by atoms with van der Waals surface area (Å²) in [6.45, 7) is 2.76. The third-order valence-electron chi connectivity index (χ3n) is 3.31. The number of hydrogen-bond acceptors (Lipinski definition) is 3. The first kappa shape index (κ1) is 17.1. The van der Waals surface area contributed by atoms with Gasteiger partial charge in [0.2, 0.25) is 5.91 Å². The summed E-state index contributed by atoms with van der Waals surface area (Å²) in [6, 6.07) is 12.8. The van der Waals surface area contributed by atoms with Crippen molar-refractivity contribution < 1.29 is 9.59 Å². The van der Waals surface area contributed by atoms with Crippen molar-refractivity contribution in [2.45, 2.75) is 13.5 Å². The Balaban J connectivity index is 1.88. The van der Waals surface area contributed by atoms with Crippen LogP contribution in [0, 0.1) is 0 Å². The Morgan fingerprint density at radius 2 is 1.91 bits per heavy atom. The topological polar surface area (TPSA) is 62.3 Å². The van der Waals surface area contributed by atoms with Gasteiger partial charge in [-0.15, -0.1) is 0 Å². The molecule has 1 heterocycles. The molecule has 0 spiro atoms. The second-order valence-corrected chi connectivity index (χ2v) is 5.85. The van der Waals surface area contributed by atoms with Gasteiger partial charge in [-0.25, -0.2) is 0 Å². The molecule has 0 unspecified atom stereocenters. The van der Waals surface area contributed by atoms with Crippen molar-refractivity contribution in [1.82, 2.24) is 15.2 Å². The quantitative estimate of drug-likeness (QED) is 0.843. The van der Waals surface area contributed by atoms with Crippen LogP contribution in [0.3, 0.4) is 0 Å². The molecule has 0 fully saturated rings. The Hall–Kier alpha value is -2.21. The van der Waals surface area contributed by atoms with Crippen molar-refractivity contribution in [3.8, 4) is 0 Å². The van der Waals surface area contributed by atoms with Crippen LogP contribution in [0.4, 0.5) is 0 Å². The van der Waals surface area contributed by atoms with Gasteiger partial charge in [0.25, 0.3) is 5.91 Å². The molecule has 0 atom stereocenters. The summed E-state index contributed by atoms with van der Waals surface area (Å²) >= 11 is 3.35. The number of rotatable bonds is 6. The van der Waals surface area contributed by atoms with Crippen LogP contribution < -0.4 is 5.32 Å². The summed E-state index contributed by atoms with van der Waals surface area (Å²) in [5.74, 6) is -0.218. The lowest BCUT2D eigenvalue weighted by Gasteiger charge is -2.21. The van der Waals surface area contributed by atoms with E-state index in [4.69, 9.17) is 0 Å².